The van der Waals surface area contributed by atoms with Crippen LogP contribution in [0.1, 0.15) is 0 Å². The van der Waals surface area contributed by atoms with E-state index in [1.807, 2.05) is 48.5 Å². The molecule has 0 unspecified atom stereocenters. The summed E-state index contributed by atoms with van der Waals surface area (Å²) in [4.78, 5) is 4.44. The molecule has 0 fully saturated rings. The second-order valence-corrected chi connectivity index (χ2v) is 4.48. The highest BCUT2D eigenvalue weighted by molar-refractivity contribution is 6.33. The first-order chi connectivity index (χ1) is 9.25. The molecule has 0 amide bonds. The minimum Gasteiger partial charge on any atom is -0.398 e. The maximum Gasteiger partial charge on any atom is 0.183 e. The monoisotopic (exact) mass is 270 g/mol. The van der Waals surface area contributed by atoms with Crippen molar-refractivity contribution in [3.8, 4) is 22.8 Å². The molecule has 0 aliphatic rings. The quantitative estimate of drug-likeness (QED) is 0.702. The van der Waals surface area contributed by atoms with Gasteiger partial charge in [-0.05, 0) is 24.3 Å². The first-order valence-corrected chi connectivity index (χ1v) is 6.15. The first-order valence-electron chi connectivity index (χ1n) is 5.78. The highest BCUT2D eigenvalue weighted by atomic mass is 35.5. The van der Waals surface area contributed by atoms with Gasteiger partial charge in [0.05, 0.1) is 5.02 Å². The van der Waals surface area contributed by atoms with E-state index in [1.165, 1.54) is 0 Å². The number of aromatic nitrogens is 3. The number of hydrogen-bond acceptors (Lipinski definition) is 3. The SMILES string of the molecule is Nc1ccccc1-c1n[nH]c(-c2ccccc2Cl)n1. The minimum absolute atomic E-state index is 0.563. The molecule has 94 valence electrons. The fourth-order valence-electron chi connectivity index (χ4n) is 1.86. The molecule has 0 aliphatic heterocycles. The van der Waals surface area contributed by atoms with Crippen molar-refractivity contribution >= 4 is 17.3 Å². The molecule has 0 radical (unpaired) electrons. The molecular formula is C14H11ClN4. The Morgan fingerprint density at radius 2 is 1.63 bits per heavy atom. The molecule has 2 aromatic carbocycles. The van der Waals surface area contributed by atoms with Crippen molar-refractivity contribution in [3.63, 3.8) is 0 Å². The van der Waals surface area contributed by atoms with Crippen molar-refractivity contribution in [2.75, 3.05) is 5.73 Å². The van der Waals surface area contributed by atoms with Crippen LogP contribution in [0.5, 0.6) is 0 Å². The summed E-state index contributed by atoms with van der Waals surface area (Å²) in [5.74, 6) is 1.19. The zero-order valence-electron chi connectivity index (χ0n) is 9.97. The maximum absolute atomic E-state index is 6.13. The molecular weight excluding hydrogens is 260 g/mol. The number of nitrogens with zero attached hydrogens (tertiary/aromatic N) is 2. The third-order valence-electron chi connectivity index (χ3n) is 2.82. The number of para-hydroxylation sites is 1. The van der Waals surface area contributed by atoms with Crippen LogP contribution in [0.15, 0.2) is 48.5 Å². The summed E-state index contributed by atoms with van der Waals surface area (Å²) in [6, 6.07) is 15.0. The predicted octanol–water partition coefficient (Wildman–Crippen LogP) is 3.37. The molecule has 0 aliphatic carbocycles. The number of nitrogen functional groups attached to an aromatic ring is 1. The summed E-state index contributed by atoms with van der Waals surface area (Å²) < 4.78 is 0. The van der Waals surface area contributed by atoms with E-state index in [4.69, 9.17) is 17.3 Å². The molecule has 0 bridgehead atoms. The van der Waals surface area contributed by atoms with Crippen LogP contribution in [0.4, 0.5) is 5.69 Å². The van der Waals surface area contributed by atoms with E-state index in [-0.39, 0.29) is 0 Å². The number of nitrogens with one attached hydrogen (secondary N) is 1. The van der Waals surface area contributed by atoms with Gasteiger partial charge in [-0.25, -0.2) is 4.98 Å². The predicted molar refractivity (Wildman–Crippen MR) is 76.7 cm³/mol. The summed E-state index contributed by atoms with van der Waals surface area (Å²) in [5, 5.41) is 7.71. The van der Waals surface area contributed by atoms with Crippen LogP contribution < -0.4 is 5.73 Å². The molecule has 0 atom stereocenters. The minimum atomic E-state index is 0.563. The number of anilines is 1. The molecule has 1 heterocycles. The molecule has 3 N–H and O–H groups in total. The summed E-state index contributed by atoms with van der Waals surface area (Å²) >= 11 is 6.13. The second-order valence-electron chi connectivity index (χ2n) is 4.07. The van der Waals surface area contributed by atoms with Crippen LogP contribution in [0.2, 0.25) is 5.02 Å². The van der Waals surface area contributed by atoms with Gasteiger partial charge in [0.15, 0.2) is 11.6 Å². The maximum atomic E-state index is 6.13. The van der Waals surface area contributed by atoms with Crippen molar-refractivity contribution < 1.29 is 0 Å². The van der Waals surface area contributed by atoms with Gasteiger partial charge in [0.1, 0.15) is 0 Å². The van der Waals surface area contributed by atoms with E-state index in [1.54, 1.807) is 0 Å². The Labute approximate surface area is 115 Å². The average Bonchev–Trinajstić information content (AvgIpc) is 2.89. The molecule has 4 nitrogen and oxygen atoms in total. The lowest BCUT2D eigenvalue weighted by Gasteiger charge is -1.99. The van der Waals surface area contributed by atoms with Gasteiger partial charge in [-0.3, -0.25) is 5.10 Å². The van der Waals surface area contributed by atoms with Crippen LogP contribution in [0, 0.1) is 0 Å². The topological polar surface area (TPSA) is 67.6 Å². The third kappa shape index (κ3) is 2.18. The van der Waals surface area contributed by atoms with Gasteiger partial charge in [-0.1, -0.05) is 35.9 Å². The number of nitrogens with two attached hydrogens (primary N) is 1. The molecule has 0 spiro atoms. The van der Waals surface area contributed by atoms with Gasteiger partial charge in [-0.2, -0.15) is 5.10 Å². The van der Waals surface area contributed by atoms with E-state index in [0.717, 1.165) is 11.1 Å². The van der Waals surface area contributed by atoms with E-state index >= 15 is 0 Å². The van der Waals surface area contributed by atoms with Crippen LogP contribution in [0.25, 0.3) is 22.8 Å². The Kier molecular flexibility index (Phi) is 2.93. The Morgan fingerprint density at radius 1 is 0.947 bits per heavy atom. The Bertz CT molecular complexity index is 661. The van der Waals surface area contributed by atoms with Crippen molar-refractivity contribution in [2.45, 2.75) is 0 Å². The van der Waals surface area contributed by atoms with Crippen LogP contribution in [0.3, 0.4) is 0 Å². The van der Waals surface area contributed by atoms with E-state index < -0.39 is 0 Å². The van der Waals surface area contributed by atoms with Gasteiger partial charge in [0.25, 0.3) is 0 Å². The van der Waals surface area contributed by atoms with Crippen molar-refractivity contribution in [3.05, 3.63) is 53.6 Å². The summed E-state index contributed by atoms with van der Waals surface area (Å²) in [6.07, 6.45) is 0. The normalized spacial score (nSPS) is 10.6. The highest BCUT2D eigenvalue weighted by Crippen LogP contribution is 2.27. The summed E-state index contributed by atoms with van der Waals surface area (Å²) in [7, 11) is 0. The molecule has 0 saturated carbocycles. The fourth-order valence-corrected chi connectivity index (χ4v) is 2.08. The van der Waals surface area contributed by atoms with Gasteiger partial charge in [0.2, 0.25) is 0 Å². The zero-order chi connectivity index (χ0) is 13.2. The van der Waals surface area contributed by atoms with Crippen molar-refractivity contribution in [1.82, 2.24) is 15.2 Å². The van der Waals surface area contributed by atoms with Crippen LogP contribution in [-0.4, -0.2) is 15.2 Å². The second kappa shape index (κ2) is 4.74. The molecule has 3 aromatic rings. The van der Waals surface area contributed by atoms with Gasteiger partial charge in [-0.15, -0.1) is 0 Å². The lowest BCUT2D eigenvalue weighted by molar-refractivity contribution is 1.10. The van der Waals surface area contributed by atoms with E-state index in [9.17, 15) is 0 Å². The Balaban J connectivity index is 2.06. The first kappa shape index (κ1) is 11.7. The molecule has 1 aromatic heterocycles. The fraction of sp³-hybridized carbons (Fsp3) is 0. The van der Waals surface area contributed by atoms with Crippen LogP contribution >= 0.6 is 11.6 Å². The molecule has 19 heavy (non-hydrogen) atoms. The lowest BCUT2D eigenvalue weighted by Crippen LogP contribution is -1.90. The van der Waals surface area contributed by atoms with Crippen LogP contribution in [-0.2, 0) is 0 Å². The third-order valence-corrected chi connectivity index (χ3v) is 3.15. The van der Waals surface area contributed by atoms with Gasteiger partial charge in [0, 0.05) is 16.8 Å². The Morgan fingerprint density at radius 3 is 2.37 bits per heavy atom. The summed E-state index contributed by atoms with van der Waals surface area (Å²) in [6.45, 7) is 0. The number of hydrogen-bond donors (Lipinski definition) is 2. The van der Waals surface area contributed by atoms with E-state index in [0.29, 0.717) is 22.4 Å². The number of rotatable bonds is 2. The number of H-pyrrole nitrogens is 1. The number of benzene rings is 2. The van der Waals surface area contributed by atoms with Crippen molar-refractivity contribution in [1.29, 1.82) is 0 Å². The van der Waals surface area contributed by atoms with Crippen molar-refractivity contribution in [2.24, 2.45) is 0 Å². The average molecular weight is 271 g/mol. The number of halogens is 1. The van der Waals surface area contributed by atoms with Gasteiger partial charge >= 0.3 is 0 Å². The Hall–Kier alpha value is -2.33. The highest BCUT2D eigenvalue weighted by Gasteiger charge is 2.11. The van der Waals surface area contributed by atoms with Gasteiger partial charge < -0.3 is 5.73 Å². The lowest BCUT2D eigenvalue weighted by atomic mass is 10.1. The molecule has 0 saturated heterocycles. The number of aromatic amines is 1. The zero-order valence-corrected chi connectivity index (χ0v) is 10.7. The standard InChI is InChI=1S/C14H11ClN4/c15-11-7-3-1-5-9(11)13-17-14(19-18-13)10-6-2-4-8-12(10)16/h1-8H,16H2,(H,17,18,19). The smallest absolute Gasteiger partial charge is 0.183 e. The largest absolute Gasteiger partial charge is 0.398 e. The molecule has 3 rings (SSSR count). The molecule has 5 heteroatoms. The van der Waals surface area contributed by atoms with E-state index in [2.05, 4.69) is 15.2 Å². The summed E-state index contributed by atoms with van der Waals surface area (Å²) in [5.41, 5.74) is 8.18.